The van der Waals surface area contributed by atoms with Crippen molar-refractivity contribution in [2.24, 2.45) is 5.73 Å². The van der Waals surface area contributed by atoms with Crippen molar-refractivity contribution in [2.75, 3.05) is 6.67 Å². The molecule has 0 bridgehead atoms. The number of rotatable bonds is 5. The number of phenolic OH excluding ortho intramolecular Hbond substituents is 1. The van der Waals surface area contributed by atoms with E-state index in [4.69, 9.17) is 10.8 Å². The molecule has 0 saturated carbocycles. The molecule has 0 aliphatic carbocycles. The van der Waals surface area contributed by atoms with Gasteiger partial charge in [-0.25, -0.2) is 0 Å². The lowest BCUT2D eigenvalue weighted by Gasteiger charge is -2.11. The number of phenols is 1. The Bertz CT molecular complexity index is 381. The molecular formula is C11H14FNO3. The fraction of sp³-hybridized carbons (Fsp3) is 0.364. The van der Waals surface area contributed by atoms with Gasteiger partial charge in [0.05, 0.1) is 6.67 Å². The molecule has 1 rings (SSSR count). The summed E-state index contributed by atoms with van der Waals surface area (Å²) in [6, 6.07) is 3.43. The van der Waals surface area contributed by atoms with E-state index in [1.54, 1.807) is 6.07 Å². The Morgan fingerprint density at radius 3 is 2.69 bits per heavy atom. The van der Waals surface area contributed by atoms with Crippen LogP contribution in [0.2, 0.25) is 0 Å². The number of carboxylic acid groups (broad SMARTS) is 1. The molecule has 0 saturated heterocycles. The van der Waals surface area contributed by atoms with Gasteiger partial charge in [0.2, 0.25) is 0 Å². The van der Waals surface area contributed by atoms with E-state index in [1.165, 1.54) is 12.1 Å². The Labute approximate surface area is 92.5 Å². The molecule has 0 heterocycles. The van der Waals surface area contributed by atoms with E-state index < -0.39 is 18.7 Å². The average molecular weight is 227 g/mol. The number of nitrogens with two attached hydrogens (primary N) is 1. The summed E-state index contributed by atoms with van der Waals surface area (Å²) >= 11 is 0. The smallest absolute Gasteiger partial charge is 0.320 e. The molecule has 16 heavy (non-hydrogen) atoms. The van der Waals surface area contributed by atoms with Crippen molar-refractivity contribution >= 4 is 5.97 Å². The summed E-state index contributed by atoms with van der Waals surface area (Å²) in [6.07, 6.45) is 0.279. The summed E-state index contributed by atoms with van der Waals surface area (Å²) in [4.78, 5) is 10.6. The largest absolute Gasteiger partial charge is 0.508 e. The van der Waals surface area contributed by atoms with E-state index in [2.05, 4.69) is 0 Å². The lowest BCUT2D eigenvalue weighted by atomic mass is 9.98. The van der Waals surface area contributed by atoms with Crippen molar-refractivity contribution in [3.8, 4) is 5.75 Å². The summed E-state index contributed by atoms with van der Waals surface area (Å²) in [7, 11) is 0. The first kappa shape index (κ1) is 12.4. The Kier molecular flexibility index (Phi) is 4.25. The third kappa shape index (κ3) is 3.20. The van der Waals surface area contributed by atoms with Gasteiger partial charge in [0.15, 0.2) is 0 Å². The number of benzene rings is 1. The molecule has 1 aromatic rings. The number of carbonyl (C=O) groups is 1. The van der Waals surface area contributed by atoms with Crippen molar-refractivity contribution in [1.82, 2.24) is 0 Å². The number of carboxylic acids is 1. The number of hydrogen-bond acceptors (Lipinski definition) is 3. The number of hydrogen-bond donors (Lipinski definition) is 3. The van der Waals surface area contributed by atoms with Crippen molar-refractivity contribution in [3.05, 3.63) is 29.3 Å². The van der Waals surface area contributed by atoms with Gasteiger partial charge in [-0.15, -0.1) is 0 Å². The number of alkyl halides is 1. The van der Waals surface area contributed by atoms with Gasteiger partial charge in [0, 0.05) is 6.42 Å². The molecule has 0 amide bonds. The lowest BCUT2D eigenvalue weighted by molar-refractivity contribution is -0.138. The zero-order valence-electron chi connectivity index (χ0n) is 8.69. The van der Waals surface area contributed by atoms with Crippen molar-refractivity contribution in [3.63, 3.8) is 0 Å². The summed E-state index contributed by atoms with van der Waals surface area (Å²) in [5, 5.41) is 17.9. The molecule has 5 heteroatoms. The molecule has 88 valence electrons. The molecule has 0 aliphatic heterocycles. The minimum atomic E-state index is -1.10. The maximum absolute atomic E-state index is 12.3. The van der Waals surface area contributed by atoms with Crippen LogP contribution in [0, 0.1) is 0 Å². The second-order valence-electron chi connectivity index (χ2n) is 3.54. The van der Waals surface area contributed by atoms with E-state index in [-0.39, 0.29) is 18.6 Å². The summed E-state index contributed by atoms with van der Waals surface area (Å²) < 4.78 is 12.3. The van der Waals surface area contributed by atoms with Crippen LogP contribution in [0.25, 0.3) is 0 Å². The highest BCUT2D eigenvalue weighted by atomic mass is 19.1. The van der Waals surface area contributed by atoms with Crippen LogP contribution in [0.15, 0.2) is 18.2 Å². The maximum atomic E-state index is 12.3. The van der Waals surface area contributed by atoms with Crippen LogP contribution in [0.4, 0.5) is 4.39 Å². The molecule has 0 aromatic heterocycles. The topological polar surface area (TPSA) is 83.5 Å². The van der Waals surface area contributed by atoms with Gasteiger partial charge in [-0.3, -0.25) is 9.18 Å². The highest BCUT2D eigenvalue weighted by Gasteiger charge is 2.14. The van der Waals surface area contributed by atoms with Crippen LogP contribution >= 0.6 is 0 Å². The van der Waals surface area contributed by atoms with Gasteiger partial charge in [-0.1, -0.05) is 6.07 Å². The Balaban J connectivity index is 2.89. The molecule has 0 spiro atoms. The quantitative estimate of drug-likeness (QED) is 0.696. The first-order chi connectivity index (χ1) is 7.54. The first-order valence-electron chi connectivity index (χ1n) is 4.89. The van der Waals surface area contributed by atoms with Crippen LogP contribution in [0.1, 0.15) is 11.1 Å². The monoisotopic (exact) mass is 227 g/mol. The van der Waals surface area contributed by atoms with Crippen LogP contribution in [-0.2, 0) is 17.6 Å². The summed E-state index contributed by atoms with van der Waals surface area (Å²) in [5.74, 6) is -1.06. The van der Waals surface area contributed by atoms with Crippen LogP contribution in [0.3, 0.4) is 0 Å². The van der Waals surface area contributed by atoms with Crippen LogP contribution < -0.4 is 5.73 Å². The zero-order chi connectivity index (χ0) is 12.1. The fourth-order valence-corrected chi connectivity index (χ4v) is 1.47. The second-order valence-corrected chi connectivity index (χ2v) is 3.54. The predicted octanol–water partition coefficient (Wildman–Crippen LogP) is 0.859. The summed E-state index contributed by atoms with van der Waals surface area (Å²) in [5.41, 5.74) is 6.65. The molecule has 4 N–H and O–H groups in total. The minimum Gasteiger partial charge on any atom is -0.508 e. The lowest BCUT2D eigenvalue weighted by Crippen LogP contribution is -2.32. The second kappa shape index (κ2) is 5.46. The van der Waals surface area contributed by atoms with E-state index in [1.807, 2.05) is 0 Å². The van der Waals surface area contributed by atoms with Gasteiger partial charge in [0.25, 0.3) is 0 Å². The fourth-order valence-electron chi connectivity index (χ4n) is 1.47. The molecule has 0 radical (unpaired) electrons. The summed E-state index contributed by atoms with van der Waals surface area (Å²) in [6.45, 7) is -0.557. The normalized spacial score (nSPS) is 12.4. The third-order valence-corrected chi connectivity index (χ3v) is 2.31. The SMILES string of the molecule is NC(Cc1ccc(O)cc1CCF)C(=O)O. The van der Waals surface area contributed by atoms with Gasteiger partial charge < -0.3 is 15.9 Å². The van der Waals surface area contributed by atoms with E-state index >= 15 is 0 Å². The van der Waals surface area contributed by atoms with Crippen molar-refractivity contribution in [2.45, 2.75) is 18.9 Å². The maximum Gasteiger partial charge on any atom is 0.320 e. The van der Waals surface area contributed by atoms with Gasteiger partial charge in [0.1, 0.15) is 11.8 Å². The van der Waals surface area contributed by atoms with Crippen LogP contribution in [0.5, 0.6) is 5.75 Å². The Morgan fingerprint density at radius 1 is 1.44 bits per heavy atom. The molecule has 4 nitrogen and oxygen atoms in total. The molecule has 0 fully saturated rings. The van der Waals surface area contributed by atoms with E-state index in [9.17, 15) is 14.3 Å². The number of aliphatic carboxylic acids is 1. The Hall–Kier alpha value is -1.62. The molecule has 1 unspecified atom stereocenters. The highest BCUT2D eigenvalue weighted by molar-refractivity contribution is 5.73. The third-order valence-electron chi connectivity index (χ3n) is 2.31. The number of halogens is 1. The van der Waals surface area contributed by atoms with Crippen molar-refractivity contribution in [1.29, 1.82) is 0 Å². The number of aryl methyl sites for hydroxylation is 1. The molecule has 1 atom stereocenters. The van der Waals surface area contributed by atoms with Gasteiger partial charge in [-0.2, -0.15) is 0 Å². The molecule has 0 aliphatic rings. The zero-order valence-corrected chi connectivity index (χ0v) is 8.69. The van der Waals surface area contributed by atoms with Crippen LogP contribution in [-0.4, -0.2) is 28.9 Å². The molecule has 1 aromatic carbocycles. The molecular weight excluding hydrogens is 213 g/mol. The predicted molar refractivity (Wildman–Crippen MR) is 57.1 cm³/mol. The average Bonchev–Trinajstić information content (AvgIpc) is 2.22. The standard InChI is InChI=1S/C11H14FNO3/c12-4-3-8-5-9(14)2-1-7(8)6-10(13)11(15)16/h1-2,5,10,14H,3-4,6,13H2,(H,15,16). The van der Waals surface area contributed by atoms with Gasteiger partial charge >= 0.3 is 5.97 Å². The van der Waals surface area contributed by atoms with E-state index in [0.29, 0.717) is 11.1 Å². The Morgan fingerprint density at radius 2 is 2.12 bits per heavy atom. The first-order valence-corrected chi connectivity index (χ1v) is 4.89. The van der Waals surface area contributed by atoms with Crippen molar-refractivity contribution < 1.29 is 19.4 Å². The highest BCUT2D eigenvalue weighted by Crippen LogP contribution is 2.18. The number of aromatic hydroxyl groups is 1. The van der Waals surface area contributed by atoms with E-state index in [0.717, 1.165) is 0 Å². The minimum absolute atomic E-state index is 0.0381. The van der Waals surface area contributed by atoms with Gasteiger partial charge in [-0.05, 0) is 29.7 Å².